The largest absolute Gasteiger partial charge is 0.493 e. The first kappa shape index (κ1) is 17.1. The van der Waals surface area contributed by atoms with Gasteiger partial charge >= 0.3 is 0 Å². The van der Waals surface area contributed by atoms with Crippen molar-refractivity contribution in [2.75, 3.05) is 26.6 Å². The number of hydrogen-bond donors (Lipinski definition) is 1. The van der Waals surface area contributed by atoms with Crippen LogP contribution in [0.15, 0.2) is 36.4 Å². The van der Waals surface area contributed by atoms with E-state index in [1.807, 2.05) is 18.2 Å². The summed E-state index contributed by atoms with van der Waals surface area (Å²) in [6, 6.07) is 11.7. The van der Waals surface area contributed by atoms with Gasteiger partial charge in [-0.25, -0.2) is 0 Å². The van der Waals surface area contributed by atoms with Crippen molar-refractivity contribution in [1.82, 2.24) is 0 Å². The number of ether oxygens (including phenoxy) is 3. The van der Waals surface area contributed by atoms with Gasteiger partial charge in [0.15, 0.2) is 11.5 Å². The van der Waals surface area contributed by atoms with Crippen LogP contribution >= 0.6 is 0 Å². The molecule has 1 aliphatic rings. The smallest absolute Gasteiger partial charge is 0.231 e. The first-order valence-corrected chi connectivity index (χ1v) is 8.36. The van der Waals surface area contributed by atoms with E-state index in [2.05, 4.69) is 11.4 Å². The van der Waals surface area contributed by atoms with Gasteiger partial charge in [-0.2, -0.15) is 0 Å². The van der Waals surface area contributed by atoms with Gasteiger partial charge in [-0.15, -0.1) is 0 Å². The maximum Gasteiger partial charge on any atom is 0.231 e. The lowest BCUT2D eigenvalue weighted by Gasteiger charge is -2.25. The minimum Gasteiger partial charge on any atom is -0.493 e. The molecule has 2 aromatic rings. The number of anilines is 1. The topological polar surface area (TPSA) is 56.8 Å². The molecular formula is C20H23NO4. The van der Waals surface area contributed by atoms with Crippen LogP contribution in [0.25, 0.3) is 0 Å². The van der Waals surface area contributed by atoms with Gasteiger partial charge in [-0.3, -0.25) is 4.79 Å². The molecule has 0 saturated heterocycles. The minimum atomic E-state index is -0.135. The maximum absolute atomic E-state index is 12.9. The Labute approximate surface area is 147 Å². The second-order valence-corrected chi connectivity index (χ2v) is 6.05. The Kier molecular flexibility index (Phi) is 5.12. The van der Waals surface area contributed by atoms with E-state index in [9.17, 15) is 4.79 Å². The molecule has 0 fully saturated rings. The number of benzene rings is 2. The predicted molar refractivity (Wildman–Crippen MR) is 96.8 cm³/mol. The maximum atomic E-state index is 12.9. The van der Waals surface area contributed by atoms with E-state index >= 15 is 0 Å². The Hall–Kier alpha value is -2.69. The van der Waals surface area contributed by atoms with Crippen molar-refractivity contribution in [3.63, 3.8) is 0 Å². The highest BCUT2D eigenvalue weighted by Crippen LogP contribution is 2.40. The number of carbonyl (C=O) groups excluding carboxylic acids is 1. The molecule has 0 bridgehead atoms. The highest BCUT2D eigenvalue weighted by atomic mass is 16.5. The van der Waals surface area contributed by atoms with Crippen LogP contribution in [0, 0.1) is 0 Å². The molecule has 5 nitrogen and oxygen atoms in total. The number of methoxy groups -OCH3 is 3. The molecule has 1 N–H and O–H groups in total. The average molecular weight is 341 g/mol. The Morgan fingerprint density at radius 1 is 1.04 bits per heavy atom. The second kappa shape index (κ2) is 7.47. The van der Waals surface area contributed by atoms with Gasteiger partial charge in [0, 0.05) is 17.8 Å². The Morgan fingerprint density at radius 2 is 1.72 bits per heavy atom. The lowest BCUT2D eigenvalue weighted by Crippen LogP contribution is -2.24. The molecule has 1 amide bonds. The van der Waals surface area contributed by atoms with Gasteiger partial charge in [0.05, 0.1) is 27.2 Å². The quantitative estimate of drug-likeness (QED) is 0.899. The number of aryl methyl sites for hydroxylation is 1. The van der Waals surface area contributed by atoms with Crippen LogP contribution < -0.4 is 19.5 Å². The third-order valence-corrected chi connectivity index (χ3v) is 4.62. The predicted octanol–water partition coefficient (Wildman–Crippen LogP) is 3.77. The number of nitrogens with one attached hydrogen (secondary N) is 1. The molecule has 0 aromatic heterocycles. The monoisotopic (exact) mass is 341 g/mol. The summed E-state index contributed by atoms with van der Waals surface area (Å²) in [6.07, 6.45) is 2.90. The molecule has 25 heavy (non-hydrogen) atoms. The van der Waals surface area contributed by atoms with Gasteiger partial charge < -0.3 is 19.5 Å². The summed E-state index contributed by atoms with van der Waals surface area (Å²) < 4.78 is 16.0. The van der Waals surface area contributed by atoms with Crippen LogP contribution in [0.5, 0.6) is 17.2 Å². The highest BCUT2D eigenvalue weighted by Gasteiger charge is 2.26. The number of fused-ring (bicyclic) bond motifs is 1. The number of carbonyl (C=O) groups is 1. The van der Waals surface area contributed by atoms with Gasteiger partial charge in [0.1, 0.15) is 0 Å². The summed E-state index contributed by atoms with van der Waals surface area (Å²) >= 11 is 0. The first-order chi connectivity index (χ1) is 12.2. The second-order valence-electron chi connectivity index (χ2n) is 6.05. The normalized spacial score (nSPS) is 15.9. The van der Waals surface area contributed by atoms with Crippen LogP contribution in [0.2, 0.25) is 0 Å². The molecule has 5 heteroatoms. The van der Waals surface area contributed by atoms with Gasteiger partial charge in [-0.05, 0) is 30.4 Å². The lowest BCUT2D eigenvalue weighted by molar-refractivity contribution is -0.117. The summed E-state index contributed by atoms with van der Waals surface area (Å²) in [5, 5.41) is 3.00. The molecule has 2 aromatic carbocycles. The fourth-order valence-corrected chi connectivity index (χ4v) is 3.41. The summed E-state index contributed by atoms with van der Waals surface area (Å²) in [5.41, 5.74) is 3.01. The number of amides is 1. The molecule has 0 heterocycles. The van der Waals surface area contributed by atoms with Crippen molar-refractivity contribution in [2.45, 2.75) is 25.2 Å². The van der Waals surface area contributed by atoms with Crippen LogP contribution in [0.1, 0.15) is 29.9 Å². The zero-order chi connectivity index (χ0) is 17.8. The molecule has 0 aliphatic heterocycles. The average Bonchev–Trinajstić information content (AvgIpc) is 2.66. The van der Waals surface area contributed by atoms with Crippen LogP contribution in [-0.4, -0.2) is 27.2 Å². The molecule has 0 radical (unpaired) electrons. The fourth-order valence-electron chi connectivity index (χ4n) is 3.41. The SMILES string of the molecule is COc1cc(NC(=O)C2CCCc3ccccc32)cc(OC)c1OC. The molecule has 1 aliphatic carbocycles. The van der Waals surface area contributed by atoms with Crippen molar-refractivity contribution in [2.24, 2.45) is 0 Å². The Morgan fingerprint density at radius 3 is 2.36 bits per heavy atom. The lowest BCUT2D eigenvalue weighted by atomic mass is 9.82. The Bertz CT molecular complexity index is 747. The zero-order valence-corrected chi connectivity index (χ0v) is 14.8. The molecule has 1 atom stereocenters. The molecular weight excluding hydrogens is 318 g/mol. The van der Waals surface area contributed by atoms with E-state index in [1.54, 1.807) is 33.5 Å². The highest BCUT2D eigenvalue weighted by molar-refractivity contribution is 5.96. The molecule has 0 saturated carbocycles. The van der Waals surface area contributed by atoms with E-state index in [-0.39, 0.29) is 11.8 Å². The van der Waals surface area contributed by atoms with Crippen LogP contribution in [0.4, 0.5) is 5.69 Å². The summed E-state index contributed by atoms with van der Waals surface area (Å²) in [6.45, 7) is 0. The van der Waals surface area contributed by atoms with Gasteiger partial charge in [0.2, 0.25) is 11.7 Å². The Balaban J connectivity index is 1.87. The van der Waals surface area contributed by atoms with E-state index in [4.69, 9.17) is 14.2 Å². The van der Waals surface area contributed by atoms with Crippen LogP contribution in [0.3, 0.4) is 0 Å². The first-order valence-electron chi connectivity index (χ1n) is 8.36. The van der Waals surface area contributed by atoms with Crippen molar-refractivity contribution in [3.8, 4) is 17.2 Å². The number of hydrogen-bond acceptors (Lipinski definition) is 4. The molecule has 3 rings (SSSR count). The molecule has 1 unspecified atom stereocenters. The number of rotatable bonds is 5. The van der Waals surface area contributed by atoms with Crippen molar-refractivity contribution in [1.29, 1.82) is 0 Å². The molecule has 0 spiro atoms. The van der Waals surface area contributed by atoms with E-state index in [0.717, 1.165) is 24.8 Å². The summed E-state index contributed by atoms with van der Waals surface area (Å²) in [7, 11) is 4.66. The van der Waals surface area contributed by atoms with Crippen molar-refractivity contribution < 1.29 is 19.0 Å². The van der Waals surface area contributed by atoms with Gasteiger partial charge in [-0.1, -0.05) is 24.3 Å². The van der Waals surface area contributed by atoms with Crippen molar-refractivity contribution >= 4 is 11.6 Å². The summed E-state index contributed by atoms with van der Waals surface area (Å²) in [4.78, 5) is 12.9. The summed E-state index contributed by atoms with van der Waals surface area (Å²) in [5.74, 6) is 1.39. The van der Waals surface area contributed by atoms with E-state index < -0.39 is 0 Å². The van der Waals surface area contributed by atoms with E-state index in [0.29, 0.717) is 22.9 Å². The minimum absolute atomic E-state index is 0.0126. The van der Waals surface area contributed by atoms with Crippen LogP contribution in [-0.2, 0) is 11.2 Å². The van der Waals surface area contributed by atoms with Gasteiger partial charge in [0.25, 0.3) is 0 Å². The third kappa shape index (κ3) is 3.40. The van der Waals surface area contributed by atoms with Crippen molar-refractivity contribution in [3.05, 3.63) is 47.5 Å². The van der Waals surface area contributed by atoms with E-state index in [1.165, 1.54) is 5.56 Å². The third-order valence-electron chi connectivity index (χ3n) is 4.62. The molecule has 132 valence electrons. The fraction of sp³-hybridized carbons (Fsp3) is 0.350. The standard InChI is InChI=1S/C20H23NO4/c1-23-17-11-14(12-18(24-2)19(17)25-3)21-20(22)16-10-6-8-13-7-4-5-9-15(13)16/h4-5,7,9,11-12,16H,6,8,10H2,1-3H3,(H,21,22). The zero-order valence-electron chi connectivity index (χ0n) is 14.8.